The molecule has 1 N–H and O–H groups in total. The first-order chi connectivity index (χ1) is 18.0. The van der Waals surface area contributed by atoms with E-state index in [-0.39, 0.29) is 5.91 Å². The summed E-state index contributed by atoms with van der Waals surface area (Å²) in [5.41, 5.74) is 0.702. The van der Waals surface area contributed by atoms with Gasteiger partial charge in [0.2, 0.25) is 0 Å². The van der Waals surface area contributed by atoms with Crippen LogP contribution in [-0.4, -0.2) is 50.7 Å². The molecule has 0 spiro atoms. The highest BCUT2D eigenvalue weighted by atomic mass is 16.5. The molecule has 0 bridgehead atoms. The number of unbranched alkanes of at least 4 members (excludes halogenated alkanes) is 16. The number of carbonyl (C=O) groups excluding carboxylic acids is 1. The van der Waals surface area contributed by atoms with Crippen molar-refractivity contribution in [1.82, 2.24) is 5.32 Å². The smallest absolute Gasteiger partial charge is 0.251 e. The summed E-state index contributed by atoms with van der Waals surface area (Å²) in [5, 5.41) is 3.17. The molecule has 0 saturated heterocycles. The Morgan fingerprint density at radius 3 is 1.46 bits per heavy atom. The zero-order chi connectivity index (χ0) is 27.0. The highest BCUT2D eigenvalue weighted by molar-refractivity contribution is 5.94. The van der Waals surface area contributed by atoms with Crippen molar-refractivity contribution in [2.75, 3.05) is 40.3 Å². The largest absolute Gasteiger partial charge is 0.497 e. The quantitative estimate of drug-likeness (QED) is 0.104. The van der Waals surface area contributed by atoms with Gasteiger partial charge in [0.05, 0.1) is 40.3 Å². The Morgan fingerprint density at radius 2 is 1.05 bits per heavy atom. The van der Waals surface area contributed by atoms with Crippen LogP contribution >= 0.6 is 0 Å². The lowest BCUT2D eigenvalue weighted by molar-refractivity contribution is -0.908. The van der Waals surface area contributed by atoms with Crippen LogP contribution in [0.25, 0.3) is 0 Å². The van der Waals surface area contributed by atoms with Gasteiger partial charge in [0.15, 0.2) is 0 Å². The molecule has 0 atom stereocenters. The van der Waals surface area contributed by atoms with E-state index in [2.05, 4.69) is 26.2 Å². The number of hydrogen-bond donors (Lipinski definition) is 1. The van der Waals surface area contributed by atoms with Crippen molar-refractivity contribution in [3.63, 3.8) is 0 Å². The molecule has 1 rings (SSSR count). The zero-order valence-corrected chi connectivity index (χ0v) is 25.1. The average molecular weight is 518 g/mol. The molecule has 0 aromatic heterocycles. The van der Waals surface area contributed by atoms with Crippen LogP contribution < -0.4 is 10.1 Å². The predicted molar refractivity (Wildman–Crippen MR) is 161 cm³/mol. The second kappa shape index (κ2) is 22.4. The molecular weight excluding hydrogens is 456 g/mol. The molecule has 0 fully saturated rings. The van der Waals surface area contributed by atoms with E-state index in [0.29, 0.717) is 5.56 Å². The van der Waals surface area contributed by atoms with Crippen molar-refractivity contribution in [1.29, 1.82) is 0 Å². The molecular formula is C33H61N2O2+. The van der Waals surface area contributed by atoms with Crippen molar-refractivity contribution in [2.24, 2.45) is 0 Å². The Morgan fingerprint density at radius 1 is 0.649 bits per heavy atom. The summed E-state index contributed by atoms with van der Waals surface area (Å²) >= 11 is 0. The third kappa shape index (κ3) is 17.6. The van der Waals surface area contributed by atoms with E-state index >= 15 is 0 Å². The minimum absolute atomic E-state index is 0.0142. The standard InChI is InChI=1S/C33H60N2O2/c1-5-7-9-11-13-15-17-19-21-28-35(3,29-22-20-18-16-14-12-10-8-6-2)30-27-34-33(36)31-23-25-32(37-4)26-24-31/h23-26H,5-22,27-30H2,1-4H3/p+1. The van der Waals surface area contributed by atoms with Crippen LogP contribution in [0.3, 0.4) is 0 Å². The maximum Gasteiger partial charge on any atom is 0.251 e. The molecule has 0 unspecified atom stereocenters. The summed E-state index contributed by atoms with van der Waals surface area (Å²) in [5.74, 6) is 0.794. The SMILES string of the molecule is CCCCCCCCCCC[N+](C)(CCCCCCCCCCC)CCNC(=O)c1ccc(OC)cc1. The number of benzene rings is 1. The molecule has 1 amide bonds. The Labute approximate surface area is 230 Å². The molecule has 0 heterocycles. The molecule has 4 heteroatoms. The van der Waals surface area contributed by atoms with Gasteiger partial charge < -0.3 is 14.5 Å². The van der Waals surface area contributed by atoms with E-state index in [9.17, 15) is 4.79 Å². The van der Waals surface area contributed by atoms with Gasteiger partial charge in [0.1, 0.15) is 5.75 Å². The van der Waals surface area contributed by atoms with Gasteiger partial charge in [-0.3, -0.25) is 4.79 Å². The number of rotatable bonds is 25. The molecule has 0 aliphatic heterocycles. The summed E-state index contributed by atoms with van der Waals surface area (Å²) in [7, 11) is 4.06. The average Bonchev–Trinajstić information content (AvgIpc) is 2.91. The summed E-state index contributed by atoms with van der Waals surface area (Å²) in [6.07, 6.45) is 24.7. The molecule has 0 aliphatic carbocycles. The van der Waals surface area contributed by atoms with Gasteiger partial charge >= 0.3 is 0 Å². The first-order valence-electron chi connectivity index (χ1n) is 15.8. The molecule has 214 valence electrons. The molecule has 37 heavy (non-hydrogen) atoms. The molecule has 1 aromatic rings. The van der Waals surface area contributed by atoms with Crippen LogP contribution in [0.5, 0.6) is 5.75 Å². The minimum atomic E-state index is 0.0142. The number of amides is 1. The van der Waals surface area contributed by atoms with Gasteiger partial charge in [-0.15, -0.1) is 0 Å². The molecule has 1 aromatic carbocycles. The van der Waals surface area contributed by atoms with Crippen molar-refractivity contribution >= 4 is 5.91 Å². The first kappa shape index (κ1) is 33.5. The van der Waals surface area contributed by atoms with Crippen LogP contribution in [0.15, 0.2) is 24.3 Å². The van der Waals surface area contributed by atoms with E-state index in [1.807, 2.05) is 24.3 Å². The van der Waals surface area contributed by atoms with Gasteiger partial charge in [0.25, 0.3) is 5.91 Å². The van der Waals surface area contributed by atoms with Gasteiger partial charge in [0, 0.05) is 5.56 Å². The van der Waals surface area contributed by atoms with Crippen LogP contribution in [-0.2, 0) is 0 Å². The number of methoxy groups -OCH3 is 1. The second-order valence-electron chi connectivity index (χ2n) is 11.4. The fraction of sp³-hybridized carbons (Fsp3) is 0.788. The monoisotopic (exact) mass is 517 g/mol. The van der Waals surface area contributed by atoms with Gasteiger partial charge in [-0.2, -0.15) is 0 Å². The van der Waals surface area contributed by atoms with Crippen molar-refractivity contribution in [2.45, 2.75) is 129 Å². The van der Waals surface area contributed by atoms with Crippen molar-refractivity contribution in [3.05, 3.63) is 29.8 Å². The first-order valence-corrected chi connectivity index (χ1v) is 15.8. The van der Waals surface area contributed by atoms with Crippen molar-refractivity contribution < 1.29 is 14.0 Å². The normalized spacial score (nSPS) is 11.6. The summed E-state index contributed by atoms with van der Waals surface area (Å²) in [6, 6.07) is 7.38. The maximum absolute atomic E-state index is 12.6. The highest BCUT2D eigenvalue weighted by Crippen LogP contribution is 2.15. The lowest BCUT2D eigenvalue weighted by Gasteiger charge is -2.35. The topological polar surface area (TPSA) is 38.3 Å². The summed E-state index contributed by atoms with van der Waals surface area (Å²) in [6.45, 7) is 8.77. The van der Waals surface area contributed by atoms with E-state index in [1.54, 1.807) is 7.11 Å². The van der Waals surface area contributed by atoms with Gasteiger partial charge in [-0.25, -0.2) is 0 Å². The van der Waals surface area contributed by atoms with Crippen LogP contribution in [0.2, 0.25) is 0 Å². The highest BCUT2D eigenvalue weighted by Gasteiger charge is 2.21. The van der Waals surface area contributed by atoms with E-state index in [1.165, 1.54) is 129 Å². The summed E-state index contributed by atoms with van der Waals surface area (Å²) in [4.78, 5) is 12.6. The van der Waals surface area contributed by atoms with E-state index in [4.69, 9.17) is 4.74 Å². The van der Waals surface area contributed by atoms with Crippen LogP contribution in [0.1, 0.15) is 140 Å². The third-order valence-corrected chi connectivity index (χ3v) is 7.89. The Hall–Kier alpha value is -1.55. The number of hydrogen-bond acceptors (Lipinski definition) is 2. The maximum atomic E-state index is 12.6. The Balaban J connectivity index is 2.38. The number of quaternary nitrogens is 1. The number of carbonyl (C=O) groups is 1. The van der Waals surface area contributed by atoms with E-state index in [0.717, 1.165) is 23.3 Å². The van der Waals surface area contributed by atoms with Gasteiger partial charge in [-0.05, 0) is 49.9 Å². The number of nitrogens with one attached hydrogen (secondary N) is 1. The van der Waals surface area contributed by atoms with Gasteiger partial charge in [-0.1, -0.05) is 104 Å². The lowest BCUT2D eigenvalue weighted by atomic mass is 10.1. The van der Waals surface area contributed by atoms with Crippen molar-refractivity contribution in [3.8, 4) is 5.75 Å². The number of likely N-dealkylation sites (N-methyl/N-ethyl adjacent to an activating group) is 1. The molecule has 4 nitrogen and oxygen atoms in total. The van der Waals surface area contributed by atoms with Crippen LogP contribution in [0, 0.1) is 0 Å². The fourth-order valence-corrected chi connectivity index (χ4v) is 5.23. The molecule has 0 aliphatic rings. The summed E-state index contributed by atoms with van der Waals surface area (Å²) < 4.78 is 6.29. The molecule has 0 saturated carbocycles. The number of ether oxygens (including phenoxy) is 1. The third-order valence-electron chi connectivity index (χ3n) is 7.89. The number of nitrogens with zero attached hydrogens (tertiary/aromatic N) is 1. The Kier molecular flexibility index (Phi) is 20.3. The lowest BCUT2D eigenvalue weighted by Crippen LogP contribution is -2.50. The zero-order valence-electron chi connectivity index (χ0n) is 25.1. The predicted octanol–water partition coefficient (Wildman–Crippen LogP) is 8.93. The second-order valence-corrected chi connectivity index (χ2v) is 11.4. The fourth-order valence-electron chi connectivity index (χ4n) is 5.23. The minimum Gasteiger partial charge on any atom is -0.497 e. The Bertz CT molecular complexity index is 637. The molecule has 0 radical (unpaired) electrons. The van der Waals surface area contributed by atoms with Crippen LogP contribution in [0.4, 0.5) is 0 Å². The van der Waals surface area contributed by atoms with E-state index < -0.39 is 0 Å².